The molecular weight excluding hydrogens is 326 g/mol. The van der Waals surface area contributed by atoms with E-state index in [0.29, 0.717) is 5.76 Å². The van der Waals surface area contributed by atoms with E-state index in [4.69, 9.17) is 4.52 Å². The molecule has 4 aromatic rings. The molecule has 1 N–H and O–H groups in total. The Bertz CT molecular complexity index is 1070. The zero-order chi connectivity index (χ0) is 17.9. The van der Waals surface area contributed by atoms with Crippen LogP contribution >= 0.6 is 0 Å². The molecule has 4 heteroatoms. The van der Waals surface area contributed by atoms with Gasteiger partial charge in [-0.15, -0.1) is 0 Å². The van der Waals surface area contributed by atoms with Crippen molar-refractivity contribution in [1.29, 1.82) is 0 Å². The maximum absolute atomic E-state index is 11.2. The number of carboxylic acid groups (broad SMARTS) is 1. The molecule has 0 fully saturated rings. The van der Waals surface area contributed by atoms with Crippen LogP contribution in [-0.2, 0) is 0 Å². The Labute approximate surface area is 150 Å². The van der Waals surface area contributed by atoms with E-state index in [2.05, 4.69) is 5.16 Å². The molecule has 26 heavy (non-hydrogen) atoms. The Morgan fingerprint density at radius 2 is 1.38 bits per heavy atom. The normalized spacial score (nSPS) is 10.6. The van der Waals surface area contributed by atoms with Crippen LogP contribution in [0.2, 0.25) is 0 Å². The summed E-state index contributed by atoms with van der Waals surface area (Å²) >= 11 is 0. The first-order valence-corrected chi connectivity index (χ1v) is 8.17. The standard InChI is InChI=1S/C22H15NO3/c24-22(25)19-11-5-9-17(13-19)16-8-4-10-18(12-16)20-14-21(26-23-20)15-6-2-1-3-7-15/h1-14H,(H,24,25). The highest BCUT2D eigenvalue weighted by atomic mass is 16.5. The maximum Gasteiger partial charge on any atom is 0.335 e. The number of benzene rings is 3. The van der Waals surface area contributed by atoms with E-state index >= 15 is 0 Å². The first-order chi connectivity index (χ1) is 12.7. The number of hydrogen-bond acceptors (Lipinski definition) is 3. The lowest BCUT2D eigenvalue weighted by molar-refractivity contribution is 0.0697. The van der Waals surface area contributed by atoms with Crippen molar-refractivity contribution in [1.82, 2.24) is 5.16 Å². The molecule has 0 saturated carbocycles. The molecule has 0 bridgehead atoms. The van der Waals surface area contributed by atoms with Crippen LogP contribution in [0.15, 0.2) is 89.5 Å². The van der Waals surface area contributed by atoms with Gasteiger partial charge >= 0.3 is 5.97 Å². The van der Waals surface area contributed by atoms with Crippen molar-refractivity contribution < 1.29 is 14.4 Å². The summed E-state index contributed by atoms with van der Waals surface area (Å²) in [5.74, 6) is -0.231. The molecule has 0 aliphatic heterocycles. The number of aromatic nitrogens is 1. The van der Waals surface area contributed by atoms with Gasteiger partial charge in [0.15, 0.2) is 5.76 Å². The quantitative estimate of drug-likeness (QED) is 0.542. The van der Waals surface area contributed by atoms with Crippen LogP contribution in [0.25, 0.3) is 33.7 Å². The minimum absolute atomic E-state index is 0.265. The molecule has 0 unspecified atom stereocenters. The molecule has 126 valence electrons. The third-order valence-electron chi connectivity index (χ3n) is 4.17. The van der Waals surface area contributed by atoms with Crippen molar-refractivity contribution >= 4 is 5.97 Å². The van der Waals surface area contributed by atoms with Gasteiger partial charge in [0.1, 0.15) is 5.69 Å². The maximum atomic E-state index is 11.2. The van der Waals surface area contributed by atoms with Gasteiger partial charge in [-0.2, -0.15) is 0 Å². The summed E-state index contributed by atoms with van der Waals surface area (Å²) in [6.45, 7) is 0. The third kappa shape index (κ3) is 3.13. The van der Waals surface area contributed by atoms with Gasteiger partial charge in [-0.05, 0) is 29.3 Å². The molecule has 3 aromatic carbocycles. The van der Waals surface area contributed by atoms with Crippen LogP contribution in [0.3, 0.4) is 0 Å². The fourth-order valence-corrected chi connectivity index (χ4v) is 2.84. The first-order valence-electron chi connectivity index (χ1n) is 8.17. The number of aromatic carboxylic acids is 1. The molecule has 0 aliphatic carbocycles. The van der Waals surface area contributed by atoms with Crippen LogP contribution in [0.5, 0.6) is 0 Å². The SMILES string of the molecule is O=C(O)c1cccc(-c2cccc(-c3cc(-c4ccccc4)on3)c2)c1. The van der Waals surface area contributed by atoms with E-state index in [1.165, 1.54) is 0 Å². The summed E-state index contributed by atoms with van der Waals surface area (Å²) < 4.78 is 5.47. The summed E-state index contributed by atoms with van der Waals surface area (Å²) in [7, 11) is 0. The molecule has 1 heterocycles. The molecule has 0 amide bonds. The van der Waals surface area contributed by atoms with Gasteiger partial charge in [0.2, 0.25) is 0 Å². The highest BCUT2D eigenvalue weighted by Gasteiger charge is 2.10. The lowest BCUT2D eigenvalue weighted by atomic mass is 10.00. The van der Waals surface area contributed by atoms with Crippen LogP contribution in [-0.4, -0.2) is 16.2 Å². The number of hydrogen-bond donors (Lipinski definition) is 1. The Kier molecular flexibility index (Phi) is 4.07. The first kappa shape index (κ1) is 15.8. The molecule has 0 radical (unpaired) electrons. The van der Waals surface area contributed by atoms with Gasteiger partial charge in [0.05, 0.1) is 5.56 Å². The fourth-order valence-electron chi connectivity index (χ4n) is 2.84. The molecular formula is C22H15NO3. The molecule has 0 spiro atoms. The van der Waals surface area contributed by atoms with Gasteiger partial charge in [-0.1, -0.05) is 65.8 Å². The Balaban J connectivity index is 1.70. The monoisotopic (exact) mass is 341 g/mol. The van der Waals surface area contributed by atoms with Crippen molar-refractivity contribution in [3.05, 3.63) is 90.5 Å². The van der Waals surface area contributed by atoms with E-state index < -0.39 is 5.97 Å². The second-order valence-corrected chi connectivity index (χ2v) is 5.91. The predicted molar refractivity (Wildman–Crippen MR) is 99.8 cm³/mol. The van der Waals surface area contributed by atoms with E-state index in [1.54, 1.807) is 18.2 Å². The fraction of sp³-hybridized carbons (Fsp3) is 0. The summed E-state index contributed by atoms with van der Waals surface area (Å²) in [5.41, 5.74) is 4.65. The number of carboxylic acids is 1. The number of nitrogens with zero attached hydrogens (tertiary/aromatic N) is 1. The van der Waals surface area contributed by atoms with Crippen LogP contribution < -0.4 is 0 Å². The smallest absolute Gasteiger partial charge is 0.335 e. The molecule has 4 rings (SSSR count). The van der Waals surface area contributed by atoms with Crippen molar-refractivity contribution in [3.8, 4) is 33.7 Å². The van der Waals surface area contributed by atoms with Crippen LogP contribution in [0, 0.1) is 0 Å². The average molecular weight is 341 g/mol. The lowest BCUT2D eigenvalue weighted by Gasteiger charge is -2.05. The Morgan fingerprint density at radius 1 is 0.731 bits per heavy atom. The predicted octanol–water partition coefficient (Wildman–Crippen LogP) is 5.37. The highest BCUT2D eigenvalue weighted by Crippen LogP contribution is 2.29. The van der Waals surface area contributed by atoms with Gasteiger partial charge < -0.3 is 9.63 Å². The molecule has 4 nitrogen and oxygen atoms in total. The summed E-state index contributed by atoms with van der Waals surface area (Å²) in [6.07, 6.45) is 0. The molecule has 0 aliphatic rings. The number of rotatable bonds is 4. The highest BCUT2D eigenvalue weighted by molar-refractivity contribution is 5.89. The van der Waals surface area contributed by atoms with Crippen LogP contribution in [0.1, 0.15) is 10.4 Å². The van der Waals surface area contributed by atoms with Crippen molar-refractivity contribution in [2.45, 2.75) is 0 Å². The van der Waals surface area contributed by atoms with E-state index in [9.17, 15) is 9.90 Å². The zero-order valence-corrected chi connectivity index (χ0v) is 13.8. The second-order valence-electron chi connectivity index (χ2n) is 5.91. The van der Waals surface area contributed by atoms with E-state index in [0.717, 1.165) is 27.9 Å². The summed E-state index contributed by atoms with van der Waals surface area (Å²) in [5, 5.41) is 13.4. The third-order valence-corrected chi connectivity index (χ3v) is 4.17. The van der Waals surface area contributed by atoms with Crippen molar-refractivity contribution in [2.24, 2.45) is 0 Å². The minimum atomic E-state index is -0.938. The van der Waals surface area contributed by atoms with Gasteiger partial charge in [-0.3, -0.25) is 0 Å². The molecule has 0 atom stereocenters. The van der Waals surface area contributed by atoms with Crippen molar-refractivity contribution in [3.63, 3.8) is 0 Å². The largest absolute Gasteiger partial charge is 0.478 e. The van der Waals surface area contributed by atoms with Gasteiger partial charge in [-0.25, -0.2) is 4.79 Å². The van der Waals surface area contributed by atoms with E-state index in [-0.39, 0.29) is 5.56 Å². The van der Waals surface area contributed by atoms with Gasteiger partial charge in [0, 0.05) is 17.2 Å². The Hall–Kier alpha value is -3.66. The van der Waals surface area contributed by atoms with Crippen LogP contribution in [0.4, 0.5) is 0 Å². The Morgan fingerprint density at radius 3 is 2.15 bits per heavy atom. The summed E-state index contributed by atoms with van der Waals surface area (Å²) in [6, 6.07) is 26.4. The lowest BCUT2D eigenvalue weighted by Crippen LogP contribution is -1.95. The second kappa shape index (κ2) is 6.69. The molecule has 1 aromatic heterocycles. The van der Waals surface area contributed by atoms with Crippen molar-refractivity contribution in [2.75, 3.05) is 0 Å². The number of carbonyl (C=O) groups is 1. The zero-order valence-electron chi connectivity index (χ0n) is 13.8. The molecule has 0 saturated heterocycles. The van der Waals surface area contributed by atoms with Gasteiger partial charge in [0.25, 0.3) is 0 Å². The average Bonchev–Trinajstić information content (AvgIpc) is 3.19. The summed E-state index contributed by atoms with van der Waals surface area (Å²) in [4.78, 5) is 11.2. The topological polar surface area (TPSA) is 63.3 Å². The minimum Gasteiger partial charge on any atom is -0.478 e. The van der Waals surface area contributed by atoms with E-state index in [1.807, 2.05) is 66.7 Å².